The Balaban J connectivity index is 1.37. The van der Waals surface area contributed by atoms with E-state index in [1.807, 2.05) is 37.1 Å². The Morgan fingerprint density at radius 2 is 1.78 bits per heavy atom. The van der Waals surface area contributed by atoms with E-state index >= 15 is 0 Å². The summed E-state index contributed by atoms with van der Waals surface area (Å²) >= 11 is 0. The van der Waals surface area contributed by atoms with Gasteiger partial charge in [-0.15, -0.1) is 0 Å². The number of aromatic amines is 1. The number of hydrogen-bond donors (Lipinski definition) is 1. The molecule has 0 aliphatic carbocycles. The van der Waals surface area contributed by atoms with Gasteiger partial charge in [-0.3, -0.25) is 9.78 Å². The van der Waals surface area contributed by atoms with Gasteiger partial charge in [0.05, 0.1) is 22.1 Å². The zero-order valence-electron chi connectivity index (χ0n) is 18.6. The van der Waals surface area contributed by atoms with Gasteiger partial charge >= 0.3 is 0 Å². The molecular formula is C27H28N4O. The second kappa shape index (κ2) is 8.23. The summed E-state index contributed by atoms with van der Waals surface area (Å²) in [6.07, 6.45) is 7.30. The largest absolute Gasteiger partial charge is 0.342 e. The lowest BCUT2D eigenvalue weighted by Crippen LogP contribution is -2.36. The van der Waals surface area contributed by atoms with Crippen LogP contribution < -0.4 is 4.90 Å². The SMILES string of the molecule is CC1(C)C(=O)N(CCCc2cccnc2)c2cc3nc(CCc4ccccc4)[nH]c3cc21. The van der Waals surface area contributed by atoms with E-state index < -0.39 is 5.41 Å². The number of nitrogens with one attached hydrogen (secondary N) is 1. The highest BCUT2D eigenvalue weighted by Gasteiger charge is 2.44. The molecule has 1 amide bonds. The highest BCUT2D eigenvalue weighted by molar-refractivity contribution is 6.09. The standard InChI is InChI=1S/C27H28N4O/c1-27(2)21-16-22-23(30-25(29-22)13-12-19-8-4-3-5-9-19)17-24(21)31(26(27)32)15-7-11-20-10-6-14-28-18-20/h3-6,8-10,14,16-18H,7,11-13,15H2,1-2H3,(H,29,30). The number of amides is 1. The molecule has 0 spiro atoms. The number of nitrogens with zero attached hydrogens (tertiary/aromatic N) is 3. The molecule has 0 radical (unpaired) electrons. The van der Waals surface area contributed by atoms with Crippen LogP contribution in [0.15, 0.2) is 67.0 Å². The number of rotatable bonds is 7. The highest BCUT2D eigenvalue weighted by Crippen LogP contribution is 2.43. The van der Waals surface area contributed by atoms with Crippen molar-refractivity contribution in [2.45, 2.75) is 44.9 Å². The summed E-state index contributed by atoms with van der Waals surface area (Å²) in [5.41, 5.74) is 5.98. The van der Waals surface area contributed by atoms with Gasteiger partial charge in [0.15, 0.2) is 0 Å². The molecule has 1 aliphatic rings. The molecule has 162 valence electrons. The Labute approximate surface area is 188 Å². The first-order chi connectivity index (χ1) is 15.5. The maximum absolute atomic E-state index is 13.2. The van der Waals surface area contributed by atoms with Gasteiger partial charge in [-0.25, -0.2) is 4.98 Å². The summed E-state index contributed by atoms with van der Waals surface area (Å²) in [7, 11) is 0. The number of pyridine rings is 1. The van der Waals surface area contributed by atoms with Crippen LogP contribution in [0.25, 0.3) is 11.0 Å². The number of imidazole rings is 1. The first kappa shape index (κ1) is 20.4. The molecule has 2 aromatic carbocycles. The van der Waals surface area contributed by atoms with E-state index in [2.05, 4.69) is 52.4 Å². The number of anilines is 1. The number of hydrogen-bond acceptors (Lipinski definition) is 3. The molecule has 5 heteroatoms. The average Bonchev–Trinajstić information content (AvgIpc) is 3.29. The summed E-state index contributed by atoms with van der Waals surface area (Å²) in [5, 5.41) is 0. The molecule has 5 rings (SSSR count). The molecule has 0 atom stereocenters. The van der Waals surface area contributed by atoms with E-state index in [-0.39, 0.29) is 5.91 Å². The van der Waals surface area contributed by atoms with Crippen LogP contribution in [-0.4, -0.2) is 27.4 Å². The Morgan fingerprint density at radius 1 is 0.969 bits per heavy atom. The van der Waals surface area contributed by atoms with Crippen molar-refractivity contribution in [1.82, 2.24) is 15.0 Å². The molecule has 0 saturated carbocycles. The minimum Gasteiger partial charge on any atom is -0.342 e. The number of carbonyl (C=O) groups excluding carboxylic acids is 1. The van der Waals surface area contributed by atoms with Gasteiger partial charge in [-0.05, 0) is 68.0 Å². The molecule has 0 unspecified atom stereocenters. The fourth-order valence-electron chi connectivity index (χ4n) is 4.62. The van der Waals surface area contributed by atoms with Crippen LogP contribution in [0.5, 0.6) is 0 Å². The van der Waals surface area contributed by atoms with Crippen LogP contribution in [0.3, 0.4) is 0 Å². The summed E-state index contributed by atoms with van der Waals surface area (Å²) in [4.78, 5) is 27.7. The number of carbonyl (C=O) groups is 1. The number of aryl methyl sites for hydroxylation is 3. The van der Waals surface area contributed by atoms with Crippen molar-refractivity contribution in [2.75, 3.05) is 11.4 Å². The highest BCUT2D eigenvalue weighted by atomic mass is 16.2. The van der Waals surface area contributed by atoms with Crippen molar-refractivity contribution in [2.24, 2.45) is 0 Å². The summed E-state index contributed by atoms with van der Waals surface area (Å²) in [6, 6.07) is 18.7. The lowest BCUT2D eigenvalue weighted by Gasteiger charge is -2.20. The van der Waals surface area contributed by atoms with Gasteiger partial charge in [0.2, 0.25) is 5.91 Å². The predicted octanol–water partition coefficient (Wildman–Crippen LogP) is 5.00. The van der Waals surface area contributed by atoms with E-state index in [0.29, 0.717) is 6.54 Å². The normalized spacial score (nSPS) is 14.8. The van der Waals surface area contributed by atoms with Crippen LogP contribution in [-0.2, 0) is 29.5 Å². The van der Waals surface area contributed by atoms with E-state index in [9.17, 15) is 4.79 Å². The monoisotopic (exact) mass is 424 g/mol. The summed E-state index contributed by atoms with van der Waals surface area (Å²) in [5.74, 6) is 1.15. The van der Waals surface area contributed by atoms with Crippen LogP contribution >= 0.6 is 0 Å². The van der Waals surface area contributed by atoms with Crippen molar-refractivity contribution in [3.05, 3.63) is 89.5 Å². The zero-order chi connectivity index (χ0) is 22.1. The lowest BCUT2D eigenvalue weighted by atomic mass is 9.86. The molecule has 1 aliphatic heterocycles. The fraction of sp³-hybridized carbons (Fsp3) is 0.296. The van der Waals surface area contributed by atoms with Gasteiger partial charge in [0, 0.05) is 25.4 Å². The van der Waals surface area contributed by atoms with E-state index in [1.165, 1.54) is 11.1 Å². The Hall–Kier alpha value is -3.47. The summed E-state index contributed by atoms with van der Waals surface area (Å²) in [6.45, 7) is 4.74. The predicted molar refractivity (Wildman–Crippen MR) is 128 cm³/mol. The Bertz CT molecular complexity index is 1240. The van der Waals surface area contributed by atoms with Gasteiger partial charge in [0.25, 0.3) is 0 Å². The van der Waals surface area contributed by atoms with E-state index in [1.54, 1.807) is 6.20 Å². The van der Waals surface area contributed by atoms with Crippen LogP contribution in [0.4, 0.5) is 5.69 Å². The molecule has 0 bridgehead atoms. The van der Waals surface area contributed by atoms with Crippen molar-refractivity contribution in [1.29, 1.82) is 0 Å². The van der Waals surface area contributed by atoms with E-state index in [0.717, 1.165) is 53.8 Å². The third-order valence-corrected chi connectivity index (χ3v) is 6.46. The molecule has 0 fully saturated rings. The number of H-pyrrole nitrogens is 1. The van der Waals surface area contributed by atoms with Crippen molar-refractivity contribution in [3.63, 3.8) is 0 Å². The number of aromatic nitrogens is 3. The Kier molecular flexibility index (Phi) is 5.25. The third-order valence-electron chi connectivity index (χ3n) is 6.46. The topological polar surface area (TPSA) is 61.9 Å². The minimum atomic E-state index is -0.535. The average molecular weight is 425 g/mol. The van der Waals surface area contributed by atoms with Crippen molar-refractivity contribution >= 4 is 22.6 Å². The van der Waals surface area contributed by atoms with Gasteiger partial charge in [0.1, 0.15) is 5.82 Å². The molecule has 0 saturated heterocycles. The number of fused-ring (bicyclic) bond motifs is 2. The quantitative estimate of drug-likeness (QED) is 0.454. The fourth-order valence-corrected chi connectivity index (χ4v) is 4.62. The van der Waals surface area contributed by atoms with Crippen LogP contribution in [0, 0.1) is 0 Å². The number of benzene rings is 2. The first-order valence-electron chi connectivity index (χ1n) is 11.3. The molecule has 3 heterocycles. The van der Waals surface area contributed by atoms with E-state index in [4.69, 9.17) is 4.98 Å². The molecule has 2 aromatic heterocycles. The van der Waals surface area contributed by atoms with Gasteiger partial charge < -0.3 is 9.88 Å². The second-order valence-electron chi connectivity index (χ2n) is 9.10. The van der Waals surface area contributed by atoms with Gasteiger partial charge in [-0.1, -0.05) is 36.4 Å². The summed E-state index contributed by atoms with van der Waals surface area (Å²) < 4.78 is 0. The van der Waals surface area contributed by atoms with Crippen LogP contribution in [0.1, 0.15) is 42.8 Å². The van der Waals surface area contributed by atoms with Crippen LogP contribution in [0.2, 0.25) is 0 Å². The molecule has 32 heavy (non-hydrogen) atoms. The third kappa shape index (κ3) is 3.79. The molecule has 1 N–H and O–H groups in total. The molecule has 5 nitrogen and oxygen atoms in total. The smallest absolute Gasteiger partial charge is 0.237 e. The molecule has 4 aromatic rings. The second-order valence-corrected chi connectivity index (χ2v) is 9.10. The first-order valence-corrected chi connectivity index (χ1v) is 11.3. The van der Waals surface area contributed by atoms with Crippen molar-refractivity contribution < 1.29 is 4.79 Å². The van der Waals surface area contributed by atoms with Gasteiger partial charge in [-0.2, -0.15) is 0 Å². The minimum absolute atomic E-state index is 0.163. The maximum Gasteiger partial charge on any atom is 0.237 e. The lowest BCUT2D eigenvalue weighted by molar-refractivity contribution is -0.122. The molecular weight excluding hydrogens is 396 g/mol. The Morgan fingerprint density at radius 3 is 2.56 bits per heavy atom. The zero-order valence-corrected chi connectivity index (χ0v) is 18.6. The maximum atomic E-state index is 13.2. The van der Waals surface area contributed by atoms with Crippen molar-refractivity contribution in [3.8, 4) is 0 Å².